The molecule has 4 rings (SSSR count). The molecule has 0 radical (unpaired) electrons. The predicted molar refractivity (Wildman–Crippen MR) is 121 cm³/mol. The molecule has 1 atom stereocenters. The zero-order valence-corrected chi connectivity index (χ0v) is 19.4. The van der Waals surface area contributed by atoms with Gasteiger partial charge in [-0.1, -0.05) is 22.8 Å². The van der Waals surface area contributed by atoms with Gasteiger partial charge in [-0.2, -0.15) is 0 Å². The van der Waals surface area contributed by atoms with Crippen LogP contribution in [0.1, 0.15) is 61.1 Å². The van der Waals surface area contributed by atoms with Crippen LogP contribution in [0.5, 0.6) is 5.75 Å². The molecule has 168 valence electrons. The highest BCUT2D eigenvalue weighted by Crippen LogP contribution is 2.33. The molecule has 6 nitrogen and oxygen atoms in total. The number of aromatic nitrogens is 1. The number of ether oxygens (including phenoxy) is 1. The molecule has 2 aliphatic rings. The Morgan fingerprint density at radius 3 is 2.71 bits per heavy atom. The second-order valence-corrected chi connectivity index (χ2v) is 9.43. The predicted octanol–water partition coefficient (Wildman–Crippen LogP) is 4.62. The van der Waals surface area contributed by atoms with Crippen molar-refractivity contribution in [3.8, 4) is 5.75 Å². The van der Waals surface area contributed by atoms with E-state index in [4.69, 9.17) is 20.9 Å². The fourth-order valence-electron chi connectivity index (χ4n) is 4.68. The Hall–Kier alpha value is -2.05. The zero-order chi connectivity index (χ0) is 22.0. The zero-order valence-electron chi connectivity index (χ0n) is 18.6. The maximum atomic E-state index is 12.5. The minimum absolute atomic E-state index is 0.0131. The van der Waals surface area contributed by atoms with Crippen molar-refractivity contribution in [3.05, 3.63) is 45.8 Å². The summed E-state index contributed by atoms with van der Waals surface area (Å²) in [4.78, 5) is 15.0. The molecule has 0 bridgehead atoms. The molecule has 1 aliphatic heterocycles. The summed E-state index contributed by atoms with van der Waals surface area (Å²) in [7, 11) is 0. The van der Waals surface area contributed by atoms with E-state index in [1.807, 2.05) is 32.9 Å². The summed E-state index contributed by atoms with van der Waals surface area (Å²) < 4.78 is 11.3. The average Bonchev–Trinajstić information content (AvgIpc) is 3.34. The maximum Gasteiger partial charge on any atom is 0.227 e. The number of rotatable bonds is 8. The molecule has 0 spiro atoms. The maximum absolute atomic E-state index is 12.5. The van der Waals surface area contributed by atoms with Gasteiger partial charge < -0.3 is 14.6 Å². The van der Waals surface area contributed by atoms with Crippen LogP contribution in [0.3, 0.4) is 0 Å². The molecule has 2 heterocycles. The Morgan fingerprint density at radius 1 is 1.32 bits per heavy atom. The molecule has 1 aliphatic carbocycles. The van der Waals surface area contributed by atoms with Crippen LogP contribution in [0.2, 0.25) is 5.02 Å². The van der Waals surface area contributed by atoms with Crippen LogP contribution in [0.25, 0.3) is 0 Å². The smallest absolute Gasteiger partial charge is 0.227 e. The molecule has 1 amide bonds. The normalized spacial score (nSPS) is 22.2. The van der Waals surface area contributed by atoms with E-state index in [1.165, 1.54) is 12.8 Å². The number of hydrogen-bond acceptors (Lipinski definition) is 5. The highest BCUT2D eigenvalue weighted by Gasteiger charge is 2.32. The van der Waals surface area contributed by atoms with Crippen LogP contribution in [0.4, 0.5) is 0 Å². The Labute approximate surface area is 189 Å². The van der Waals surface area contributed by atoms with Gasteiger partial charge in [0.05, 0.1) is 17.7 Å². The second kappa shape index (κ2) is 9.61. The van der Waals surface area contributed by atoms with Crippen LogP contribution in [0, 0.1) is 19.8 Å². The van der Waals surface area contributed by atoms with Gasteiger partial charge >= 0.3 is 0 Å². The first-order valence-corrected chi connectivity index (χ1v) is 11.7. The standard InChI is InChI=1S/C24H32ClN3O3/c1-15(23-16(2)27-31-17(23)3)24(29)26-13-18-10-21(11-18)30-20-7-6-19(22(25)12-20)14-28-8-4-5-9-28/h6-7,12,15,18,21H,4-5,8-11,13-14H2,1-3H3,(H,26,29). The van der Waals surface area contributed by atoms with Crippen molar-refractivity contribution in [1.82, 2.24) is 15.4 Å². The number of nitrogens with one attached hydrogen (secondary N) is 1. The van der Waals surface area contributed by atoms with Gasteiger partial charge in [0.2, 0.25) is 5.91 Å². The minimum atomic E-state index is -0.264. The molecule has 1 N–H and O–H groups in total. The first-order chi connectivity index (χ1) is 14.9. The van der Waals surface area contributed by atoms with Crippen molar-refractivity contribution < 1.29 is 14.1 Å². The summed E-state index contributed by atoms with van der Waals surface area (Å²) >= 11 is 6.49. The van der Waals surface area contributed by atoms with Gasteiger partial charge in [0.15, 0.2) is 0 Å². The molecule has 2 aromatic rings. The molecule has 1 saturated heterocycles. The van der Waals surface area contributed by atoms with Crippen LogP contribution in [0.15, 0.2) is 22.7 Å². The molecular weight excluding hydrogens is 414 g/mol. The Morgan fingerprint density at radius 2 is 2.06 bits per heavy atom. The van der Waals surface area contributed by atoms with Crippen LogP contribution >= 0.6 is 11.6 Å². The third-order valence-corrected chi connectivity index (χ3v) is 6.94. The fourth-order valence-corrected chi connectivity index (χ4v) is 4.91. The molecule has 1 aromatic heterocycles. The Balaban J connectivity index is 1.20. The summed E-state index contributed by atoms with van der Waals surface area (Å²) in [6, 6.07) is 6.05. The third kappa shape index (κ3) is 5.24. The molecule has 1 aromatic carbocycles. The van der Waals surface area contributed by atoms with Gasteiger partial charge in [0.25, 0.3) is 0 Å². The van der Waals surface area contributed by atoms with Crippen molar-refractivity contribution in [1.29, 1.82) is 0 Å². The van der Waals surface area contributed by atoms with Crippen molar-refractivity contribution in [3.63, 3.8) is 0 Å². The molecule has 1 unspecified atom stereocenters. The van der Waals surface area contributed by atoms with Gasteiger partial charge in [0.1, 0.15) is 11.5 Å². The van der Waals surface area contributed by atoms with E-state index in [1.54, 1.807) is 0 Å². The van der Waals surface area contributed by atoms with Gasteiger partial charge in [0, 0.05) is 23.7 Å². The summed E-state index contributed by atoms with van der Waals surface area (Å²) in [5.41, 5.74) is 2.83. The Bertz CT molecular complexity index is 897. The molecule has 1 saturated carbocycles. The number of carbonyl (C=O) groups is 1. The summed E-state index contributed by atoms with van der Waals surface area (Å²) in [6.07, 6.45) is 4.62. The van der Waals surface area contributed by atoms with E-state index in [0.717, 1.165) is 60.1 Å². The van der Waals surface area contributed by atoms with Gasteiger partial charge in [-0.15, -0.1) is 0 Å². The SMILES string of the molecule is Cc1noc(C)c1C(C)C(=O)NCC1CC(Oc2ccc(CN3CCCC3)c(Cl)c2)C1. The monoisotopic (exact) mass is 445 g/mol. The van der Waals surface area contributed by atoms with E-state index in [-0.39, 0.29) is 17.9 Å². The number of likely N-dealkylation sites (tertiary alicyclic amines) is 1. The molecule has 31 heavy (non-hydrogen) atoms. The van der Waals surface area contributed by atoms with Crippen LogP contribution in [-0.4, -0.2) is 41.7 Å². The molecule has 7 heteroatoms. The number of aryl methyl sites for hydroxylation is 2. The number of amides is 1. The number of benzene rings is 1. The molecular formula is C24H32ClN3O3. The van der Waals surface area contributed by atoms with Crippen LogP contribution in [-0.2, 0) is 11.3 Å². The van der Waals surface area contributed by atoms with Gasteiger partial charge in [-0.25, -0.2) is 0 Å². The lowest BCUT2D eigenvalue weighted by Gasteiger charge is -2.35. The average molecular weight is 446 g/mol. The first kappa shape index (κ1) is 22.2. The minimum Gasteiger partial charge on any atom is -0.490 e. The van der Waals surface area contributed by atoms with Crippen molar-refractivity contribution in [2.45, 2.75) is 65.0 Å². The summed E-state index contributed by atoms with van der Waals surface area (Å²) in [5.74, 6) is 1.73. The van der Waals surface area contributed by atoms with Crippen molar-refractivity contribution >= 4 is 17.5 Å². The van der Waals surface area contributed by atoms with Gasteiger partial charge in [-0.3, -0.25) is 9.69 Å². The van der Waals surface area contributed by atoms with Crippen molar-refractivity contribution in [2.24, 2.45) is 5.92 Å². The van der Waals surface area contributed by atoms with E-state index in [9.17, 15) is 4.79 Å². The van der Waals surface area contributed by atoms with Crippen LogP contribution < -0.4 is 10.1 Å². The van der Waals surface area contributed by atoms with E-state index in [0.29, 0.717) is 18.2 Å². The number of hydrogen-bond donors (Lipinski definition) is 1. The fraction of sp³-hybridized carbons (Fsp3) is 0.583. The number of nitrogens with zero attached hydrogens (tertiary/aromatic N) is 2. The highest BCUT2D eigenvalue weighted by atomic mass is 35.5. The van der Waals surface area contributed by atoms with E-state index >= 15 is 0 Å². The lowest BCUT2D eigenvalue weighted by atomic mass is 9.82. The Kier molecular flexibility index (Phi) is 6.87. The third-order valence-electron chi connectivity index (χ3n) is 6.59. The first-order valence-electron chi connectivity index (χ1n) is 11.3. The number of halogens is 1. The number of carbonyl (C=O) groups excluding carboxylic acids is 1. The van der Waals surface area contributed by atoms with Crippen molar-refractivity contribution in [2.75, 3.05) is 19.6 Å². The van der Waals surface area contributed by atoms with Gasteiger partial charge in [-0.05, 0) is 83.2 Å². The largest absolute Gasteiger partial charge is 0.490 e. The lowest BCUT2D eigenvalue weighted by molar-refractivity contribution is -0.122. The quantitative estimate of drug-likeness (QED) is 0.642. The van der Waals surface area contributed by atoms with E-state index in [2.05, 4.69) is 21.4 Å². The topological polar surface area (TPSA) is 67.6 Å². The summed E-state index contributed by atoms with van der Waals surface area (Å²) in [5, 5.41) is 7.80. The second-order valence-electron chi connectivity index (χ2n) is 9.02. The highest BCUT2D eigenvalue weighted by molar-refractivity contribution is 6.31. The lowest BCUT2D eigenvalue weighted by Crippen LogP contribution is -2.42. The summed E-state index contributed by atoms with van der Waals surface area (Å²) in [6.45, 7) is 9.51. The van der Waals surface area contributed by atoms with E-state index < -0.39 is 0 Å². The molecule has 2 fully saturated rings.